The van der Waals surface area contributed by atoms with Crippen LogP contribution in [0.1, 0.15) is 132 Å². The number of carbonyl (C=O) groups is 10. The van der Waals surface area contributed by atoms with Crippen LogP contribution in [0.2, 0.25) is 0 Å². The number of nitrogens with one attached hydrogen (secondary N) is 8. The minimum Gasteiger partial charge on any atom is -0.452 e. The first-order valence-electron chi connectivity index (χ1n) is 31.9. The number of carbonyl (C=O) groups excluding carboxylic acids is 10. The van der Waals surface area contributed by atoms with E-state index in [1.807, 2.05) is 60.5 Å². The van der Waals surface area contributed by atoms with Crippen LogP contribution in [-0.2, 0) is 59.2 Å². The smallest absolute Gasteiger partial charge is 0.404 e. The number of likely N-dealkylation sites (tertiary alicyclic amines) is 2. The molecule has 514 valence electrons. The predicted molar refractivity (Wildman–Crippen MR) is 341 cm³/mol. The number of nitrogens with zero attached hydrogens (tertiary/aromatic N) is 4. The number of amides is 11. The molecule has 0 spiro atoms. The number of ether oxygens (including phenoxy) is 2. The maximum atomic E-state index is 14.4. The van der Waals surface area contributed by atoms with Crippen molar-refractivity contribution in [1.29, 1.82) is 0 Å². The molecule has 12 atom stereocenters. The third kappa shape index (κ3) is 24.4. The van der Waals surface area contributed by atoms with Gasteiger partial charge >= 0.3 is 28.7 Å². The van der Waals surface area contributed by atoms with Crippen LogP contribution in [0.5, 0.6) is 0 Å². The molecule has 0 aromatic heterocycles. The first-order chi connectivity index (χ1) is 42.7. The van der Waals surface area contributed by atoms with Crippen molar-refractivity contribution in [3.05, 3.63) is 29.8 Å². The molecule has 0 bridgehead atoms. The Hall–Kier alpha value is -6.12. The molecule has 2 saturated heterocycles. The highest BCUT2D eigenvalue weighted by molar-refractivity contribution is 6.14. The maximum absolute atomic E-state index is 14.4. The van der Waals surface area contributed by atoms with Gasteiger partial charge in [0, 0.05) is 58.9 Å². The first-order valence-corrected chi connectivity index (χ1v) is 32.9. The Morgan fingerprint density at radius 3 is 1.96 bits per heavy atom. The molecule has 1 aromatic carbocycles. The highest BCUT2D eigenvalue weighted by atomic mass is 27.1. The quantitative estimate of drug-likeness (QED) is 0.0344. The summed E-state index contributed by atoms with van der Waals surface area (Å²) >= 11 is 0.326. The summed E-state index contributed by atoms with van der Waals surface area (Å²) in [7, 11) is 8.32. The summed E-state index contributed by atoms with van der Waals surface area (Å²) in [5, 5.41) is 19.0. The summed E-state index contributed by atoms with van der Waals surface area (Å²) in [5.74, 6) is -6.38. The van der Waals surface area contributed by atoms with Crippen molar-refractivity contribution in [2.45, 2.75) is 194 Å². The van der Waals surface area contributed by atoms with Gasteiger partial charge in [0.25, 0.3) is 0 Å². The van der Waals surface area contributed by atoms with Gasteiger partial charge in [0.15, 0.2) is 5.91 Å². The number of hydrogen-bond acceptors (Lipinski definition) is 14. The fraction of sp³-hybridized carbons (Fsp3) is 0.742. The van der Waals surface area contributed by atoms with E-state index in [0.717, 1.165) is 0 Å². The van der Waals surface area contributed by atoms with Crippen molar-refractivity contribution in [3.8, 4) is 0 Å². The molecule has 2 aliphatic rings. The summed E-state index contributed by atoms with van der Waals surface area (Å²) in [4.78, 5) is 140. The standard InChI is InChI=1S/C62H104F3N13O12.Al.2H/c1-15-38(8)53(76(12)60(87)51(36(4)5)74-59(86)52(37(6)7)75(10)11)45(89-13)32-49(81)78-29-17-20-44(78)54(90-14)39(9)56(83)70-34-48(80)69-33-40-22-24-42(25-23-40)71-57(84)43(19-16-27-68-61(67)88)72-58(85)50(35(2)3)73-47(79)21-18-28-77-30-26-41(55(66)82)31-46(77)62(63,64)65;;;/h22-25,35-39,41,43-46,50-54H,15-21,26-34H2,1-14H3,(H11,66,67,68,69,70,71,72,73,74,79,80,82,83,84,85,86,88);;;/q;+1;;/p-1/t38-,39+,41?,43-,44-,45+,46?,50-,51-,52-,53-,54+;;;/m0.../s1. The number of halogens is 3. The first kappa shape index (κ1) is 79.1. The fourth-order valence-corrected chi connectivity index (χ4v) is 12.7. The van der Waals surface area contributed by atoms with Gasteiger partial charge in [-0.1, -0.05) is 80.9 Å². The van der Waals surface area contributed by atoms with Crippen LogP contribution in [0.4, 0.5) is 23.7 Å². The molecule has 10 N–H and O–H groups in total. The summed E-state index contributed by atoms with van der Waals surface area (Å²) in [6.07, 6.45) is -4.20. The predicted octanol–water partition coefficient (Wildman–Crippen LogP) is 2.17. The molecule has 0 aliphatic carbocycles. The van der Waals surface area contributed by atoms with E-state index < -0.39 is 120 Å². The molecule has 2 aliphatic heterocycles. The maximum Gasteiger partial charge on any atom is 0.404 e. The van der Waals surface area contributed by atoms with Gasteiger partial charge in [-0.05, 0) is 113 Å². The van der Waals surface area contributed by atoms with Crippen molar-refractivity contribution >= 4 is 81.4 Å². The SMILES string of the molecule is CC[C@H](C)[C@@H]([C@@H](CC(=O)N1CCC[C@H]1[C@H](OC)[C@@H](C)C(=O)NCC(=O)NCc1ccc(NC(=O)[C@H](CCCNC(N)=O)NC(=O)[C@@H](NC(=O)CCCN2CCC(C(=O)[NH][AlH2])CC2C(F)(F)F)C(C)C)cc1)OC)N(C)C(=O)[C@@H](NC(=O)[C@H](C(C)C)N(C)C)C(C)C. The Morgan fingerprint density at radius 1 is 0.758 bits per heavy atom. The van der Waals surface area contributed by atoms with Crippen LogP contribution >= 0.6 is 0 Å². The molecule has 3 rings (SSSR count). The number of piperidine rings is 1. The number of hydrogen-bond donors (Lipinski definition) is 9. The number of likely N-dealkylation sites (N-methyl/N-ethyl adjacent to an activating group) is 2. The minimum absolute atomic E-state index is 0.00617. The van der Waals surface area contributed by atoms with E-state index in [0.29, 0.717) is 53.6 Å². The third-order valence-corrected chi connectivity index (χ3v) is 18.0. The highest BCUT2D eigenvalue weighted by Gasteiger charge is 2.48. The van der Waals surface area contributed by atoms with Gasteiger partial charge in [-0.25, -0.2) is 4.79 Å². The lowest BCUT2D eigenvalue weighted by Crippen LogP contribution is -2.59. The van der Waals surface area contributed by atoms with Crippen molar-refractivity contribution in [2.24, 2.45) is 41.2 Å². The Morgan fingerprint density at radius 2 is 1.41 bits per heavy atom. The van der Waals surface area contributed by atoms with E-state index in [9.17, 15) is 61.1 Å². The van der Waals surface area contributed by atoms with Crippen LogP contribution in [0.25, 0.3) is 0 Å². The van der Waals surface area contributed by atoms with Gasteiger partial charge < -0.3 is 66.5 Å². The monoisotopic (exact) mass is 1310 g/mol. The van der Waals surface area contributed by atoms with E-state index in [4.69, 9.17) is 15.2 Å². The minimum atomic E-state index is -4.57. The van der Waals surface area contributed by atoms with Gasteiger partial charge in [-0.15, -0.1) is 0 Å². The lowest BCUT2D eigenvalue weighted by molar-refractivity contribution is -0.196. The molecule has 29 heteroatoms. The van der Waals surface area contributed by atoms with Gasteiger partial charge in [-0.2, -0.15) is 13.2 Å². The number of urea groups is 1. The summed E-state index contributed by atoms with van der Waals surface area (Å²) in [6, 6.07) is -0.741. The van der Waals surface area contributed by atoms with Crippen molar-refractivity contribution in [1.82, 2.24) is 55.8 Å². The average molecular weight is 1310 g/mol. The molecule has 2 fully saturated rings. The second kappa shape index (κ2) is 38.2. The van der Waals surface area contributed by atoms with Crippen LogP contribution in [0.15, 0.2) is 24.3 Å². The zero-order valence-electron chi connectivity index (χ0n) is 56.2. The number of nitrogens with two attached hydrogens (primary N) is 1. The second-order valence-electron chi connectivity index (χ2n) is 25.5. The van der Waals surface area contributed by atoms with Gasteiger partial charge in [0.2, 0.25) is 47.3 Å². The van der Waals surface area contributed by atoms with Crippen molar-refractivity contribution in [3.63, 3.8) is 0 Å². The summed E-state index contributed by atoms with van der Waals surface area (Å²) < 4.78 is 56.6. The lowest BCUT2D eigenvalue weighted by atomic mass is 9.89. The molecule has 25 nitrogen and oxygen atoms in total. The van der Waals surface area contributed by atoms with Crippen LogP contribution < -0.4 is 47.3 Å². The summed E-state index contributed by atoms with van der Waals surface area (Å²) in [6.45, 7) is 16.8. The van der Waals surface area contributed by atoms with Crippen molar-refractivity contribution < 1.29 is 70.6 Å². The average Bonchev–Trinajstić information content (AvgIpc) is 2.21. The van der Waals surface area contributed by atoms with Crippen LogP contribution in [-0.4, -0.2) is 224 Å². The molecule has 2 heterocycles. The highest BCUT2D eigenvalue weighted by Crippen LogP contribution is 2.35. The van der Waals surface area contributed by atoms with Gasteiger partial charge in [0.1, 0.15) is 24.2 Å². The largest absolute Gasteiger partial charge is 0.452 e. The molecule has 1 aromatic rings. The molecule has 0 saturated carbocycles. The zero-order valence-corrected chi connectivity index (χ0v) is 58.2. The number of methoxy groups -OCH3 is 2. The van der Waals surface area contributed by atoms with E-state index in [1.54, 1.807) is 61.9 Å². The van der Waals surface area contributed by atoms with E-state index in [-0.39, 0.29) is 113 Å². The summed E-state index contributed by atoms with van der Waals surface area (Å²) in [5.41, 5.74) is 6.19. The lowest BCUT2D eigenvalue weighted by Gasteiger charge is -2.41. The van der Waals surface area contributed by atoms with E-state index >= 15 is 0 Å². The number of primary amides is 1. The fourth-order valence-electron chi connectivity index (χ4n) is 12.3. The molecule has 0 radical (unpaired) electrons. The second-order valence-corrected chi connectivity index (χ2v) is 26.0. The Labute approximate surface area is 543 Å². The van der Waals surface area contributed by atoms with E-state index in [1.165, 1.54) is 19.1 Å². The topological polar surface area (TPSA) is 324 Å². The Kier molecular flexibility index (Phi) is 33.2. The van der Waals surface area contributed by atoms with Gasteiger partial charge in [-0.3, -0.25) is 53.0 Å². The van der Waals surface area contributed by atoms with Crippen LogP contribution in [0.3, 0.4) is 0 Å². The van der Waals surface area contributed by atoms with Crippen LogP contribution in [0, 0.1) is 35.5 Å². The molecule has 11 amide bonds. The molecule has 2 unspecified atom stereocenters. The van der Waals surface area contributed by atoms with E-state index in [2.05, 4.69) is 41.5 Å². The van der Waals surface area contributed by atoms with Crippen molar-refractivity contribution in [2.75, 3.05) is 73.4 Å². The third-order valence-electron chi connectivity index (χ3n) is 17.5. The Bertz CT molecular complexity index is 2560. The normalized spacial score (nSPS) is 19.2. The zero-order chi connectivity index (χ0) is 68.6. The van der Waals surface area contributed by atoms with Gasteiger partial charge in [0.05, 0.1) is 49.2 Å². The molecular weight excluding hydrogens is 1200 g/mol. The molecular formula is C62H105AlF3N13O12. The molecule has 91 heavy (non-hydrogen) atoms. The Balaban J connectivity index is 1.60. The number of benzene rings is 1. The number of rotatable bonds is 36. The number of alkyl halides is 3. The number of anilines is 1.